The Morgan fingerprint density at radius 1 is 1.43 bits per heavy atom. The van der Waals surface area contributed by atoms with Gasteiger partial charge in [-0.25, -0.2) is 4.79 Å². The van der Waals surface area contributed by atoms with E-state index in [0.29, 0.717) is 12.6 Å². The molecular formula is C17H27N3O2S. The summed E-state index contributed by atoms with van der Waals surface area (Å²) < 4.78 is 5.60. The number of rotatable bonds is 5. The van der Waals surface area contributed by atoms with E-state index in [2.05, 4.69) is 27.7 Å². The molecule has 0 spiro atoms. The van der Waals surface area contributed by atoms with Crippen LogP contribution < -0.4 is 5.32 Å². The molecule has 6 heteroatoms. The molecule has 5 nitrogen and oxygen atoms in total. The SMILES string of the molecule is CN(C[C@@H]1CCCO1)C(=O)NC1CCN(Cc2cccs2)CC1. The number of ether oxygens (including phenoxy) is 1. The highest BCUT2D eigenvalue weighted by Crippen LogP contribution is 2.17. The number of piperidine rings is 1. The number of amides is 2. The van der Waals surface area contributed by atoms with Gasteiger partial charge in [0.05, 0.1) is 6.10 Å². The Morgan fingerprint density at radius 2 is 2.26 bits per heavy atom. The van der Waals surface area contributed by atoms with Crippen molar-refractivity contribution in [3.63, 3.8) is 0 Å². The minimum Gasteiger partial charge on any atom is -0.376 e. The van der Waals surface area contributed by atoms with Crippen molar-refractivity contribution < 1.29 is 9.53 Å². The van der Waals surface area contributed by atoms with Crippen molar-refractivity contribution in [2.45, 2.75) is 44.4 Å². The fourth-order valence-corrected chi connectivity index (χ4v) is 4.07. The van der Waals surface area contributed by atoms with Crippen LogP contribution >= 0.6 is 11.3 Å². The number of hydrogen-bond donors (Lipinski definition) is 1. The van der Waals surface area contributed by atoms with Gasteiger partial charge in [-0.2, -0.15) is 0 Å². The van der Waals surface area contributed by atoms with E-state index in [4.69, 9.17) is 4.74 Å². The summed E-state index contributed by atoms with van der Waals surface area (Å²) in [5.41, 5.74) is 0. The third-order valence-corrected chi connectivity index (χ3v) is 5.58. The number of likely N-dealkylation sites (N-methyl/N-ethyl adjacent to an activating group) is 1. The highest BCUT2D eigenvalue weighted by atomic mass is 32.1. The first-order valence-corrected chi connectivity index (χ1v) is 9.46. The lowest BCUT2D eigenvalue weighted by molar-refractivity contribution is 0.0861. The van der Waals surface area contributed by atoms with Gasteiger partial charge in [0.15, 0.2) is 0 Å². The predicted molar refractivity (Wildman–Crippen MR) is 92.8 cm³/mol. The van der Waals surface area contributed by atoms with Gasteiger partial charge in [0.1, 0.15) is 0 Å². The maximum absolute atomic E-state index is 12.3. The Labute approximate surface area is 142 Å². The van der Waals surface area contributed by atoms with E-state index in [1.54, 1.807) is 4.90 Å². The third-order valence-electron chi connectivity index (χ3n) is 4.72. The first kappa shape index (κ1) is 16.7. The zero-order chi connectivity index (χ0) is 16.1. The Kier molecular flexibility index (Phi) is 5.91. The molecule has 0 saturated carbocycles. The standard InChI is InChI=1S/C17H27N3O2S/c1-19(12-15-4-2-10-22-15)17(21)18-14-6-8-20(9-7-14)13-16-5-3-11-23-16/h3,5,11,14-15H,2,4,6-10,12-13H2,1H3,(H,18,21)/t15-/m0/s1. The van der Waals surface area contributed by atoms with Gasteiger partial charge < -0.3 is 15.0 Å². The minimum atomic E-state index is 0.0391. The Morgan fingerprint density at radius 3 is 2.91 bits per heavy atom. The van der Waals surface area contributed by atoms with Crippen LogP contribution in [0.1, 0.15) is 30.6 Å². The lowest BCUT2D eigenvalue weighted by atomic mass is 10.1. The molecular weight excluding hydrogens is 310 g/mol. The Hall–Kier alpha value is -1.11. The van der Waals surface area contributed by atoms with Gasteiger partial charge in [0.25, 0.3) is 0 Å². The van der Waals surface area contributed by atoms with Crippen LogP contribution in [0.3, 0.4) is 0 Å². The summed E-state index contributed by atoms with van der Waals surface area (Å²) >= 11 is 1.82. The number of likely N-dealkylation sites (tertiary alicyclic amines) is 1. The number of urea groups is 1. The van der Waals surface area contributed by atoms with Crippen molar-refractivity contribution in [3.8, 4) is 0 Å². The number of hydrogen-bond acceptors (Lipinski definition) is 4. The van der Waals surface area contributed by atoms with Crippen molar-refractivity contribution in [1.82, 2.24) is 15.1 Å². The molecule has 0 bridgehead atoms. The van der Waals surface area contributed by atoms with E-state index < -0.39 is 0 Å². The molecule has 1 N–H and O–H groups in total. The van der Waals surface area contributed by atoms with E-state index in [0.717, 1.165) is 51.9 Å². The molecule has 3 rings (SSSR count). The van der Waals surface area contributed by atoms with Crippen LogP contribution in [-0.4, -0.2) is 61.3 Å². The smallest absolute Gasteiger partial charge is 0.317 e. The first-order chi connectivity index (χ1) is 11.2. The molecule has 3 heterocycles. The van der Waals surface area contributed by atoms with Gasteiger partial charge in [-0.15, -0.1) is 11.3 Å². The second-order valence-corrected chi connectivity index (χ2v) is 7.63. The largest absolute Gasteiger partial charge is 0.376 e. The zero-order valence-electron chi connectivity index (χ0n) is 13.9. The molecule has 2 aliphatic heterocycles. The molecule has 0 aliphatic carbocycles. The van der Waals surface area contributed by atoms with Gasteiger partial charge in [-0.1, -0.05) is 6.07 Å². The molecule has 1 aromatic rings. The molecule has 2 aliphatic rings. The van der Waals surface area contributed by atoms with E-state index in [1.165, 1.54) is 4.88 Å². The lowest BCUT2D eigenvalue weighted by Crippen LogP contribution is -2.49. The van der Waals surface area contributed by atoms with E-state index in [1.807, 2.05) is 18.4 Å². The third kappa shape index (κ3) is 4.93. The fraction of sp³-hybridized carbons (Fsp3) is 0.706. The lowest BCUT2D eigenvalue weighted by Gasteiger charge is -2.33. The molecule has 23 heavy (non-hydrogen) atoms. The van der Waals surface area contributed by atoms with Crippen LogP contribution in [0.2, 0.25) is 0 Å². The van der Waals surface area contributed by atoms with Crippen molar-refractivity contribution in [2.75, 3.05) is 33.3 Å². The van der Waals surface area contributed by atoms with E-state index in [-0.39, 0.29) is 12.1 Å². The predicted octanol–water partition coefficient (Wildman–Crippen LogP) is 2.53. The molecule has 0 unspecified atom stereocenters. The molecule has 0 radical (unpaired) electrons. The molecule has 2 amide bonds. The van der Waals surface area contributed by atoms with Crippen molar-refractivity contribution in [2.24, 2.45) is 0 Å². The molecule has 2 fully saturated rings. The summed E-state index contributed by atoms with van der Waals surface area (Å²) in [5.74, 6) is 0. The van der Waals surface area contributed by atoms with Crippen molar-refractivity contribution in [1.29, 1.82) is 0 Å². The molecule has 0 aromatic carbocycles. The van der Waals surface area contributed by atoms with E-state index in [9.17, 15) is 4.79 Å². The number of carbonyl (C=O) groups is 1. The summed E-state index contributed by atoms with van der Waals surface area (Å²) in [4.78, 5) is 18.0. The van der Waals surface area contributed by atoms with Gasteiger partial charge in [-0.05, 0) is 37.1 Å². The van der Waals surface area contributed by atoms with Crippen LogP contribution in [0.25, 0.3) is 0 Å². The van der Waals surface area contributed by atoms with Crippen molar-refractivity contribution in [3.05, 3.63) is 22.4 Å². The van der Waals surface area contributed by atoms with Crippen LogP contribution in [0.4, 0.5) is 4.79 Å². The molecule has 1 aromatic heterocycles. The average Bonchev–Trinajstić information content (AvgIpc) is 3.23. The second kappa shape index (κ2) is 8.13. The zero-order valence-corrected chi connectivity index (χ0v) is 14.7. The van der Waals surface area contributed by atoms with Crippen LogP contribution in [0.5, 0.6) is 0 Å². The average molecular weight is 337 g/mol. The van der Waals surface area contributed by atoms with Gasteiger partial charge in [-0.3, -0.25) is 4.90 Å². The highest BCUT2D eigenvalue weighted by Gasteiger charge is 2.24. The van der Waals surface area contributed by atoms with Crippen LogP contribution in [0, 0.1) is 0 Å². The molecule has 1 atom stereocenters. The monoisotopic (exact) mass is 337 g/mol. The van der Waals surface area contributed by atoms with Crippen LogP contribution in [0.15, 0.2) is 17.5 Å². The summed E-state index contributed by atoms with van der Waals surface area (Å²) in [6.45, 7) is 4.68. The normalized spacial score (nSPS) is 23.1. The topological polar surface area (TPSA) is 44.8 Å². The van der Waals surface area contributed by atoms with E-state index >= 15 is 0 Å². The molecule has 2 saturated heterocycles. The summed E-state index contributed by atoms with van der Waals surface area (Å²) in [6.07, 6.45) is 4.47. The summed E-state index contributed by atoms with van der Waals surface area (Å²) in [6, 6.07) is 4.64. The van der Waals surface area contributed by atoms with Crippen LogP contribution in [-0.2, 0) is 11.3 Å². The number of thiophene rings is 1. The Balaban J connectivity index is 1.36. The quantitative estimate of drug-likeness (QED) is 0.898. The number of carbonyl (C=O) groups excluding carboxylic acids is 1. The highest BCUT2D eigenvalue weighted by molar-refractivity contribution is 7.09. The number of nitrogens with zero attached hydrogens (tertiary/aromatic N) is 2. The summed E-state index contributed by atoms with van der Waals surface area (Å²) in [5, 5.41) is 5.31. The second-order valence-electron chi connectivity index (χ2n) is 6.59. The minimum absolute atomic E-state index is 0.0391. The van der Waals surface area contributed by atoms with Gasteiger partial charge >= 0.3 is 6.03 Å². The van der Waals surface area contributed by atoms with Crippen molar-refractivity contribution >= 4 is 17.4 Å². The van der Waals surface area contributed by atoms with Gasteiger partial charge in [0, 0.05) is 50.8 Å². The van der Waals surface area contributed by atoms with Gasteiger partial charge in [0.2, 0.25) is 0 Å². The maximum atomic E-state index is 12.3. The molecule has 128 valence electrons. The number of nitrogens with one attached hydrogen (secondary N) is 1. The fourth-order valence-electron chi connectivity index (χ4n) is 3.32. The Bertz CT molecular complexity index is 480. The maximum Gasteiger partial charge on any atom is 0.317 e. The first-order valence-electron chi connectivity index (χ1n) is 8.58. The summed E-state index contributed by atoms with van der Waals surface area (Å²) in [7, 11) is 1.86.